The van der Waals surface area contributed by atoms with Crippen LogP contribution >= 0.6 is 0 Å². The van der Waals surface area contributed by atoms with Crippen LogP contribution in [-0.2, 0) is 21.2 Å². The number of sulfonamides is 1. The predicted octanol–water partition coefficient (Wildman–Crippen LogP) is 3.95. The van der Waals surface area contributed by atoms with E-state index in [2.05, 4.69) is 0 Å². The lowest BCUT2D eigenvalue weighted by Gasteiger charge is -2.37. The molecule has 41 heavy (non-hydrogen) atoms. The summed E-state index contributed by atoms with van der Waals surface area (Å²) in [4.78, 5) is 27.6. The van der Waals surface area contributed by atoms with Crippen molar-refractivity contribution in [1.82, 2.24) is 9.21 Å². The van der Waals surface area contributed by atoms with Gasteiger partial charge in [0.2, 0.25) is 10.0 Å². The molecule has 0 aliphatic carbocycles. The van der Waals surface area contributed by atoms with Crippen LogP contribution in [0.15, 0.2) is 65.6 Å². The van der Waals surface area contributed by atoms with Crippen LogP contribution in [0.2, 0.25) is 0 Å². The molecule has 1 aliphatic rings. The Hall–Kier alpha value is -4.09. The third kappa shape index (κ3) is 6.31. The van der Waals surface area contributed by atoms with Crippen LogP contribution in [-0.4, -0.2) is 77.6 Å². The fraction of sp³-hybridized carbons (Fsp3) is 0.333. The molecule has 218 valence electrons. The number of hydrogen-bond donors (Lipinski definition) is 0. The Kier molecular flexibility index (Phi) is 9.19. The third-order valence-corrected chi connectivity index (χ3v) is 8.75. The number of methoxy groups -OCH3 is 2. The van der Waals surface area contributed by atoms with Crippen LogP contribution in [0, 0.1) is 0 Å². The summed E-state index contributed by atoms with van der Waals surface area (Å²) in [5.41, 5.74) is 2.63. The Bertz CT molecular complexity index is 1500. The largest absolute Gasteiger partial charge is 0.493 e. The van der Waals surface area contributed by atoms with Crippen molar-refractivity contribution in [2.75, 3.05) is 48.1 Å². The monoisotopic (exact) mass is 582 g/mol. The van der Waals surface area contributed by atoms with E-state index in [0.717, 1.165) is 15.4 Å². The van der Waals surface area contributed by atoms with Crippen molar-refractivity contribution < 1.29 is 37.0 Å². The maximum absolute atomic E-state index is 13.8. The fourth-order valence-electron chi connectivity index (χ4n) is 4.67. The summed E-state index contributed by atoms with van der Waals surface area (Å²) in [5, 5.41) is 0. The van der Waals surface area contributed by atoms with Gasteiger partial charge in [-0.2, -0.15) is 0 Å². The van der Waals surface area contributed by atoms with E-state index in [-0.39, 0.29) is 24.0 Å². The van der Waals surface area contributed by atoms with Crippen molar-refractivity contribution in [2.24, 2.45) is 0 Å². The molecule has 1 heterocycles. The van der Waals surface area contributed by atoms with E-state index in [4.69, 9.17) is 18.9 Å². The molecule has 11 heteroatoms. The van der Waals surface area contributed by atoms with Crippen LogP contribution in [0.1, 0.15) is 44.8 Å². The Labute approximate surface area is 240 Å². The van der Waals surface area contributed by atoms with E-state index in [9.17, 15) is 18.0 Å². The second kappa shape index (κ2) is 12.6. The van der Waals surface area contributed by atoms with Gasteiger partial charge in [-0.05, 0) is 85.1 Å². The second-order valence-electron chi connectivity index (χ2n) is 9.54. The Morgan fingerprint density at radius 2 is 1.54 bits per heavy atom. The average molecular weight is 583 g/mol. The van der Waals surface area contributed by atoms with E-state index in [1.165, 1.54) is 38.4 Å². The zero-order valence-corrected chi connectivity index (χ0v) is 24.6. The van der Waals surface area contributed by atoms with Crippen LogP contribution in [0.25, 0.3) is 0 Å². The first-order valence-corrected chi connectivity index (χ1v) is 14.5. The van der Waals surface area contributed by atoms with Crippen molar-refractivity contribution in [1.29, 1.82) is 0 Å². The summed E-state index contributed by atoms with van der Waals surface area (Å²) in [6.45, 7) is 2.56. The lowest BCUT2D eigenvalue weighted by molar-refractivity contribution is 0.0524. The van der Waals surface area contributed by atoms with Crippen molar-refractivity contribution in [3.8, 4) is 17.2 Å². The molecule has 0 bridgehead atoms. The van der Waals surface area contributed by atoms with E-state index >= 15 is 0 Å². The normalized spacial score (nSPS) is 14.8. The standard InChI is InChI=1S/C30H34N2O8S/c1-6-39-30(34)21-7-11-23(12-8-21)40-19-26-25-18-28(38-5)27(37-4)17-22(25)15-16-32(26)29(33)20-9-13-24(14-10-20)41(35,36)31(2)3/h7-14,17-18,26H,6,15-16,19H2,1-5H3/t26-/m1/s1. The van der Waals surface area contributed by atoms with Crippen molar-refractivity contribution in [2.45, 2.75) is 24.3 Å². The number of fused-ring (bicyclic) bond motifs is 1. The van der Waals surface area contributed by atoms with Gasteiger partial charge in [0.1, 0.15) is 12.4 Å². The number of ether oxygens (including phenoxy) is 4. The molecule has 1 atom stereocenters. The first kappa shape index (κ1) is 29.9. The summed E-state index contributed by atoms with van der Waals surface area (Å²) in [5.74, 6) is 0.977. The van der Waals surface area contributed by atoms with Gasteiger partial charge in [0.05, 0.1) is 37.3 Å². The molecular weight excluding hydrogens is 548 g/mol. The van der Waals surface area contributed by atoms with Gasteiger partial charge in [-0.25, -0.2) is 17.5 Å². The molecular formula is C30H34N2O8S. The van der Waals surface area contributed by atoms with Crippen molar-refractivity contribution >= 4 is 21.9 Å². The number of benzene rings is 3. The van der Waals surface area contributed by atoms with Gasteiger partial charge in [-0.3, -0.25) is 4.79 Å². The molecule has 0 saturated heterocycles. The lowest BCUT2D eigenvalue weighted by Crippen LogP contribution is -2.42. The van der Waals surface area contributed by atoms with Gasteiger partial charge in [-0.1, -0.05) is 0 Å². The number of amides is 1. The molecule has 0 unspecified atom stereocenters. The minimum absolute atomic E-state index is 0.103. The summed E-state index contributed by atoms with van der Waals surface area (Å²) in [7, 11) is 2.41. The molecule has 10 nitrogen and oxygen atoms in total. The molecule has 3 aromatic rings. The maximum Gasteiger partial charge on any atom is 0.338 e. The fourth-order valence-corrected chi connectivity index (χ4v) is 5.58. The van der Waals surface area contributed by atoms with Gasteiger partial charge in [-0.15, -0.1) is 0 Å². The van der Waals surface area contributed by atoms with E-state index in [1.807, 2.05) is 12.1 Å². The zero-order chi connectivity index (χ0) is 29.7. The lowest BCUT2D eigenvalue weighted by atomic mass is 9.91. The minimum Gasteiger partial charge on any atom is -0.493 e. The molecule has 0 saturated carbocycles. The van der Waals surface area contributed by atoms with Gasteiger partial charge in [0.25, 0.3) is 5.91 Å². The number of rotatable bonds is 10. The zero-order valence-electron chi connectivity index (χ0n) is 23.7. The highest BCUT2D eigenvalue weighted by atomic mass is 32.2. The van der Waals surface area contributed by atoms with Gasteiger partial charge >= 0.3 is 5.97 Å². The first-order chi connectivity index (χ1) is 19.6. The molecule has 0 spiro atoms. The highest BCUT2D eigenvalue weighted by molar-refractivity contribution is 7.89. The molecule has 0 aromatic heterocycles. The topological polar surface area (TPSA) is 112 Å². The van der Waals surface area contributed by atoms with Gasteiger partial charge < -0.3 is 23.8 Å². The van der Waals surface area contributed by atoms with Crippen molar-refractivity contribution in [3.05, 3.63) is 82.9 Å². The summed E-state index contributed by atoms with van der Waals surface area (Å²) in [6.07, 6.45) is 0.583. The Morgan fingerprint density at radius 1 is 0.927 bits per heavy atom. The van der Waals surface area contributed by atoms with Crippen LogP contribution in [0.4, 0.5) is 0 Å². The highest BCUT2D eigenvalue weighted by Gasteiger charge is 2.33. The predicted molar refractivity (Wildman–Crippen MR) is 152 cm³/mol. The smallest absolute Gasteiger partial charge is 0.338 e. The molecule has 1 aliphatic heterocycles. The summed E-state index contributed by atoms with van der Waals surface area (Å²) >= 11 is 0. The van der Waals surface area contributed by atoms with E-state index < -0.39 is 22.0 Å². The third-order valence-electron chi connectivity index (χ3n) is 6.92. The van der Waals surface area contributed by atoms with Crippen LogP contribution in [0.3, 0.4) is 0 Å². The molecule has 1 amide bonds. The quantitative estimate of drug-likeness (QED) is 0.331. The van der Waals surface area contributed by atoms with Crippen LogP contribution < -0.4 is 14.2 Å². The van der Waals surface area contributed by atoms with Gasteiger partial charge in [0, 0.05) is 26.2 Å². The number of hydrogen-bond acceptors (Lipinski definition) is 8. The number of nitrogens with zero attached hydrogens (tertiary/aromatic N) is 2. The van der Waals surface area contributed by atoms with E-state index in [1.54, 1.807) is 50.3 Å². The Balaban J connectivity index is 1.65. The molecule has 3 aromatic carbocycles. The first-order valence-electron chi connectivity index (χ1n) is 13.1. The van der Waals surface area contributed by atoms with E-state index in [0.29, 0.717) is 41.3 Å². The number of carbonyl (C=O) groups is 2. The molecule has 0 fully saturated rings. The molecule has 0 radical (unpaired) electrons. The Morgan fingerprint density at radius 3 is 2.12 bits per heavy atom. The number of carbonyl (C=O) groups excluding carboxylic acids is 2. The SMILES string of the molecule is CCOC(=O)c1ccc(OC[C@@H]2c3cc(OC)c(OC)cc3CCN2C(=O)c2ccc(S(=O)(=O)N(C)C)cc2)cc1. The molecule has 4 rings (SSSR count). The second-order valence-corrected chi connectivity index (χ2v) is 11.7. The summed E-state index contributed by atoms with van der Waals surface area (Å²) in [6, 6.07) is 15.8. The van der Waals surface area contributed by atoms with Gasteiger partial charge in [0.15, 0.2) is 11.5 Å². The minimum atomic E-state index is -3.63. The highest BCUT2D eigenvalue weighted by Crippen LogP contribution is 2.39. The van der Waals surface area contributed by atoms with Crippen molar-refractivity contribution in [3.63, 3.8) is 0 Å². The summed E-state index contributed by atoms with van der Waals surface area (Å²) < 4.78 is 48.3. The number of esters is 1. The molecule has 0 N–H and O–H groups in total. The average Bonchev–Trinajstić information content (AvgIpc) is 2.99. The van der Waals surface area contributed by atoms with Crippen LogP contribution in [0.5, 0.6) is 17.2 Å². The maximum atomic E-state index is 13.8.